The van der Waals surface area contributed by atoms with Gasteiger partial charge < -0.3 is 9.64 Å². The van der Waals surface area contributed by atoms with Crippen LogP contribution in [0.5, 0.6) is 5.75 Å². The summed E-state index contributed by atoms with van der Waals surface area (Å²) in [4.78, 5) is 2.39. The van der Waals surface area contributed by atoms with Crippen LogP contribution in [0.1, 0.15) is 37.5 Å². The Balaban J connectivity index is 1.17. The lowest BCUT2D eigenvalue weighted by atomic mass is 9.74. The van der Waals surface area contributed by atoms with Crippen molar-refractivity contribution < 1.29 is 4.74 Å². The molecule has 2 nitrogen and oxygen atoms in total. The van der Waals surface area contributed by atoms with E-state index >= 15 is 0 Å². The van der Waals surface area contributed by atoms with Gasteiger partial charge in [-0.05, 0) is 76.2 Å². The van der Waals surface area contributed by atoms with Gasteiger partial charge in [0, 0.05) is 27.9 Å². The molecule has 0 spiro atoms. The highest BCUT2D eigenvalue weighted by Crippen LogP contribution is 2.59. The van der Waals surface area contributed by atoms with E-state index in [1.54, 1.807) is 0 Å². The average Bonchev–Trinajstić information content (AvgIpc) is 3.57. The van der Waals surface area contributed by atoms with Crippen LogP contribution in [-0.2, 0) is 10.8 Å². The van der Waals surface area contributed by atoms with Crippen LogP contribution in [0, 0.1) is 0 Å². The lowest BCUT2D eigenvalue weighted by molar-refractivity contribution is 0.213. The molecule has 2 atom stereocenters. The van der Waals surface area contributed by atoms with E-state index in [-0.39, 0.29) is 16.9 Å². The molecule has 1 aliphatic heterocycles. The van der Waals surface area contributed by atoms with Crippen molar-refractivity contribution in [2.45, 2.75) is 37.7 Å². The molecule has 6 aromatic carbocycles. The van der Waals surface area contributed by atoms with Crippen molar-refractivity contribution in [3.63, 3.8) is 0 Å². The monoisotopic (exact) mass is 619 g/mol. The molecule has 0 saturated heterocycles. The van der Waals surface area contributed by atoms with Crippen LogP contribution < -0.4 is 9.64 Å². The van der Waals surface area contributed by atoms with Crippen LogP contribution in [0.4, 0.5) is 11.4 Å². The molecule has 2 unspecified atom stereocenters. The van der Waals surface area contributed by atoms with Crippen molar-refractivity contribution >= 4 is 11.4 Å². The van der Waals surface area contributed by atoms with E-state index in [1.807, 2.05) is 0 Å². The van der Waals surface area contributed by atoms with Crippen molar-refractivity contribution in [1.82, 2.24) is 0 Å². The highest BCUT2D eigenvalue weighted by Gasteiger charge is 2.51. The smallest absolute Gasteiger partial charge is 0.152 e. The largest absolute Gasteiger partial charge is 0.482 e. The van der Waals surface area contributed by atoms with Crippen molar-refractivity contribution in [2.75, 3.05) is 4.90 Å². The van der Waals surface area contributed by atoms with Crippen LogP contribution in [0.25, 0.3) is 33.4 Å². The standard InChI is InChI=1S/C46H37NO/c1-45(2)38-18-11-10-17-37(38)42-39(45)28-29-40-43(42)48-44-41(19-12-30-46(40,44)3)47(35-24-20-33(21-25-35)31-13-6-4-7-14-31)36-26-22-34(23-27-36)32-15-8-5-9-16-32/h4-30,44H,1-3H3. The fraction of sp³-hybridized carbons (Fsp3) is 0.130. The third-order valence-corrected chi connectivity index (χ3v) is 10.8. The molecular weight excluding hydrogens is 583 g/mol. The van der Waals surface area contributed by atoms with Crippen molar-refractivity contribution in [1.29, 1.82) is 0 Å². The Morgan fingerprint density at radius 1 is 0.521 bits per heavy atom. The lowest BCUT2D eigenvalue weighted by Crippen LogP contribution is -2.41. The van der Waals surface area contributed by atoms with E-state index in [1.165, 1.54) is 50.1 Å². The zero-order chi connectivity index (χ0) is 32.5. The number of hydrogen-bond donors (Lipinski definition) is 0. The number of ether oxygens (including phenoxy) is 1. The number of benzene rings is 6. The minimum atomic E-state index is -0.331. The fourth-order valence-corrected chi connectivity index (χ4v) is 8.18. The second kappa shape index (κ2) is 10.7. The summed E-state index contributed by atoms with van der Waals surface area (Å²) in [6.45, 7) is 7.00. The first-order valence-corrected chi connectivity index (χ1v) is 16.9. The Labute approximate surface area is 283 Å². The summed E-state index contributed by atoms with van der Waals surface area (Å²) >= 11 is 0. The Kier molecular flexibility index (Phi) is 6.39. The van der Waals surface area contributed by atoms with Gasteiger partial charge in [0.05, 0.1) is 11.1 Å². The predicted molar refractivity (Wildman–Crippen MR) is 199 cm³/mol. The van der Waals surface area contributed by atoms with Gasteiger partial charge in [0.15, 0.2) is 6.10 Å². The summed E-state index contributed by atoms with van der Waals surface area (Å²) in [5.41, 5.74) is 14.2. The van der Waals surface area contributed by atoms with Crippen molar-refractivity contribution in [3.05, 3.63) is 186 Å². The molecule has 0 fully saturated rings. The third kappa shape index (κ3) is 4.26. The van der Waals surface area contributed by atoms with Gasteiger partial charge in [-0.3, -0.25) is 0 Å². The van der Waals surface area contributed by atoms with Crippen LogP contribution >= 0.6 is 0 Å². The number of anilines is 2. The molecule has 9 rings (SSSR count). The summed E-state index contributed by atoms with van der Waals surface area (Å²) in [7, 11) is 0. The first kappa shape index (κ1) is 28.6. The Bertz CT molecular complexity index is 2140. The summed E-state index contributed by atoms with van der Waals surface area (Å²) < 4.78 is 7.27. The van der Waals surface area contributed by atoms with Gasteiger partial charge in [0.2, 0.25) is 0 Å². The molecule has 3 aliphatic rings. The topological polar surface area (TPSA) is 12.5 Å². The number of nitrogens with zero attached hydrogens (tertiary/aromatic N) is 1. The van der Waals surface area contributed by atoms with Gasteiger partial charge in [-0.25, -0.2) is 0 Å². The first-order chi connectivity index (χ1) is 23.4. The summed E-state index contributed by atoms with van der Waals surface area (Å²) in [6, 6.07) is 52.5. The molecule has 48 heavy (non-hydrogen) atoms. The van der Waals surface area contributed by atoms with Gasteiger partial charge in [-0.2, -0.15) is 0 Å². The average molecular weight is 620 g/mol. The molecule has 0 saturated carbocycles. The molecule has 0 bridgehead atoms. The number of allylic oxidation sites excluding steroid dienone is 2. The molecule has 1 heterocycles. The van der Waals surface area contributed by atoms with Crippen LogP contribution in [-0.4, -0.2) is 6.10 Å². The molecule has 6 aromatic rings. The molecule has 0 radical (unpaired) electrons. The Morgan fingerprint density at radius 3 is 1.65 bits per heavy atom. The van der Waals surface area contributed by atoms with E-state index < -0.39 is 0 Å². The zero-order valence-electron chi connectivity index (χ0n) is 27.5. The second-order valence-corrected chi connectivity index (χ2v) is 13.9. The van der Waals surface area contributed by atoms with Gasteiger partial charge >= 0.3 is 0 Å². The Hall–Kier alpha value is -5.60. The SMILES string of the molecule is CC1(C)c2ccccc2-c2c1ccc1c2OC2C(N(c3ccc(-c4ccccc4)cc3)c3ccc(-c4ccccc4)cc3)=CC=CC12C. The molecule has 0 aromatic heterocycles. The third-order valence-electron chi connectivity index (χ3n) is 10.8. The second-order valence-electron chi connectivity index (χ2n) is 13.9. The fourth-order valence-electron chi connectivity index (χ4n) is 8.18. The predicted octanol–water partition coefficient (Wildman–Crippen LogP) is 11.6. The van der Waals surface area contributed by atoms with Gasteiger partial charge in [-0.15, -0.1) is 0 Å². The van der Waals surface area contributed by atoms with E-state index in [9.17, 15) is 0 Å². The van der Waals surface area contributed by atoms with E-state index in [0.29, 0.717) is 0 Å². The molecular formula is C46H37NO. The van der Waals surface area contributed by atoms with E-state index in [4.69, 9.17) is 4.74 Å². The summed E-state index contributed by atoms with van der Waals surface area (Å²) in [6.07, 6.45) is 6.59. The molecule has 2 aliphatic carbocycles. The normalized spacial score (nSPS) is 19.4. The first-order valence-electron chi connectivity index (χ1n) is 16.9. The number of hydrogen-bond acceptors (Lipinski definition) is 2. The van der Waals surface area contributed by atoms with Gasteiger partial charge in [-0.1, -0.05) is 147 Å². The van der Waals surface area contributed by atoms with Gasteiger partial charge in [0.25, 0.3) is 0 Å². The maximum atomic E-state index is 7.27. The van der Waals surface area contributed by atoms with Gasteiger partial charge in [0.1, 0.15) is 5.75 Å². The number of fused-ring (bicyclic) bond motifs is 7. The van der Waals surface area contributed by atoms with E-state index in [2.05, 4.69) is 189 Å². The highest BCUT2D eigenvalue weighted by molar-refractivity contribution is 5.88. The highest BCUT2D eigenvalue weighted by atomic mass is 16.5. The quantitative estimate of drug-likeness (QED) is 0.190. The Morgan fingerprint density at radius 2 is 1.04 bits per heavy atom. The lowest BCUT2D eigenvalue weighted by Gasteiger charge is -2.38. The summed E-state index contributed by atoms with van der Waals surface area (Å²) in [5.74, 6) is 1.02. The molecule has 232 valence electrons. The van der Waals surface area contributed by atoms with Crippen molar-refractivity contribution in [2.24, 2.45) is 0 Å². The van der Waals surface area contributed by atoms with Crippen LogP contribution in [0.15, 0.2) is 170 Å². The van der Waals surface area contributed by atoms with Crippen LogP contribution in [0.3, 0.4) is 0 Å². The maximum absolute atomic E-state index is 7.27. The van der Waals surface area contributed by atoms with Crippen molar-refractivity contribution in [3.8, 4) is 39.1 Å². The molecule has 2 heteroatoms. The minimum absolute atomic E-state index is 0.0828. The minimum Gasteiger partial charge on any atom is -0.482 e. The maximum Gasteiger partial charge on any atom is 0.152 e. The molecule has 0 N–H and O–H groups in total. The van der Waals surface area contributed by atoms with E-state index in [0.717, 1.165) is 22.8 Å². The zero-order valence-corrected chi connectivity index (χ0v) is 27.5. The summed E-state index contributed by atoms with van der Waals surface area (Å²) in [5, 5.41) is 0. The van der Waals surface area contributed by atoms with Crippen LogP contribution in [0.2, 0.25) is 0 Å². The molecule has 0 amide bonds. The number of rotatable bonds is 5.